The number of rotatable bonds is 6. The van der Waals surface area contributed by atoms with Gasteiger partial charge in [0.05, 0.1) is 38.2 Å². The van der Waals surface area contributed by atoms with E-state index in [0.29, 0.717) is 12.2 Å². The minimum absolute atomic E-state index is 0.188. The zero-order chi connectivity index (χ0) is 24.5. The highest BCUT2D eigenvalue weighted by Gasteiger charge is 2.22. The number of hydrogen-bond acceptors (Lipinski definition) is 5. The lowest BCUT2D eigenvalue weighted by atomic mass is 9.98. The molecule has 176 valence electrons. The van der Waals surface area contributed by atoms with Crippen LogP contribution >= 0.6 is 23.2 Å². The Labute approximate surface area is 211 Å². The fourth-order valence-corrected chi connectivity index (χ4v) is 4.63. The normalized spacial score (nSPS) is 12.1. The molecule has 0 saturated carbocycles. The van der Waals surface area contributed by atoms with E-state index in [0.717, 1.165) is 22.4 Å². The Balaban J connectivity index is 1.44. The highest BCUT2D eigenvalue weighted by atomic mass is 35.5. The fourth-order valence-electron chi connectivity index (χ4n) is 3.98. The third kappa shape index (κ3) is 4.62. The number of halogens is 2. The number of aromatic amines is 1. The van der Waals surface area contributed by atoms with E-state index < -0.39 is 0 Å². The summed E-state index contributed by atoms with van der Waals surface area (Å²) in [6, 6.07) is 17.3. The van der Waals surface area contributed by atoms with Crippen LogP contribution < -0.4 is 5.32 Å². The molecule has 0 aliphatic rings. The number of aryl methyl sites for hydroxylation is 2. The van der Waals surface area contributed by atoms with Crippen molar-refractivity contribution in [1.82, 2.24) is 35.5 Å². The molecular weight excluding hydrogens is 485 g/mol. The standard InChI is InChI=1S/C25H21Cl2N7O/c1-14-8-21-22(9-15(14)2)31-24(30-21)18(16-6-4-3-5-7-16)12-28-25(35)23-19(26)10-17(11-20(23)27)34-13-29-32-33-34/h3-11,13,18H,12H2,1-2H3,(H,28,35)(H,30,31). The van der Waals surface area contributed by atoms with Gasteiger partial charge in [0.2, 0.25) is 0 Å². The van der Waals surface area contributed by atoms with Crippen LogP contribution in [0.15, 0.2) is 60.9 Å². The first-order valence-corrected chi connectivity index (χ1v) is 11.7. The predicted molar refractivity (Wildman–Crippen MR) is 135 cm³/mol. The number of nitrogens with one attached hydrogen (secondary N) is 2. The third-order valence-electron chi connectivity index (χ3n) is 5.98. The Hall–Kier alpha value is -3.75. The van der Waals surface area contributed by atoms with Gasteiger partial charge in [0.15, 0.2) is 0 Å². The molecule has 0 bridgehead atoms. The average molecular weight is 506 g/mol. The Morgan fingerprint density at radius 3 is 2.46 bits per heavy atom. The fraction of sp³-hybridized carbons (Fsp3) is 0.160. The minimum Gasteiger partial charge on any atom is -0.351 e. The molecule has 1 atom stereocenters. The van der Waals surface area contributed by atoms with Crippen molar-refractivity contribution in [3.63, 3.8) is 0 Å². The van der Waals surface area contributed by atoms with E-state index in [4.69, 9.17) is 28.2 Å². The first kappa shape index (κ1) is 23.0. The third-order valence-corrected chi connectivity index (χ3v) is 6.58. The van der Waals surface area contributed by atoms with Crippen LogP contribution in [-0.2, 0) is 0 Å². The summed E-state index contributed by atoms with van der Waals surface area (Å²) in [5.41, 5.74) is 5.97. The van der Waals surface area contributed by atoms with Gasteiger partial charge in [0.1, 0.15) is 12.2 Å². The van der Waals surface area contributed by atoms with Crippen LogP contribution in [-0.4, -0.2) is 42.6 Å². The summed E-state index contributed by atoms with van der Waals surface area (Å²) in [6.07, 6.45) is 1.42. The van der Waals surface area contributed by atoms with Crippen molar-refractivity contribution in [3.05, 3.63) is 99.0 Å². The van der Waals surface area contributed by atoms with Gasteiger partial charge < -0.3 is 10.3 Å². The average Bonchev–Trinajstić information content (AvgIpc) is 3.50. The Bertz CT molecular complexity index is 1450. The molecule has 0 aliphatic carbocycles. The Kier molecular flexibility index (Phi) is 6.23. The predicted octanol–water partition coefficient (Wildman–Crippen LogP) is 5.02. The van der Waals surface area contributed by atoms with E-state index in [9.17, 15) is 4.79 Å². The smallest absolute Gasteiger partial charge is 0.254 e. The molecule has 0 radical (unpaired) electrons. The number of carbonyl (C=O) groups is 1. The molecule has 0 aliphatic heterocycles. The molecule has 0 saturated heterocycles. The summed E-state index contributed by atoms with van der Waals surface area (Å²) in [4.78, 5) is 21.4. The topological polar surface area (TPSA) is 101 Å². The maximum atomic E-state index is 13.2. The summed E-state index contributed by atoms with van der Waals surface area (Å²) >= 11 is 12.9. The van der Waals surface area contributed by atoms with E-state index in [1.54, 1.807) is 12.1 Å². The first-order chi connectivity index (χ1) is 16.9. The second-order valence-corrected chi connectivity index (χ2v) is 9.10. The van der Waals surface area contributed by atoms with Crippen molar-refractivity contribution >= 4 is 40.1 Å². The molecule has 2 heterocycles. The first-order valence-electron chi connectivity index (χ1n) is 10.9. The number of fused-ring (bicyclic) bond motifs is 1. The highest BCUT2D eigenvalue weighted by Crippen LogP contribution is 2.29. The van der Waals surface area contributed by atoms with Crippen LogP contribution in [0.1, 0.15) is 38.8 Å². The molecule has 8 nitrogen and oxygen atoms in total. The van der Waals surface area contributed by atoms with Crippen LogP contribution in [0.25, 0.3) is 16.7 Å². The van der Waals surface area contributed by atoms with Crippen molar-refractivity contribution < 1.29 is 4.79 Å². The maximum Gasteiger partial charge on any atom is 0.254 e. The molecule has 3 aromatic carbocycles. The number of imidazole rings is 1. The molecule has 5 aromatic rings. The largest absolute Gasteiger partial charge is 0.351 e. The summed E-state index contributed by atoms with van der Waals surface area (Å²) in [6.45, 7) is 4.43. The zero-order valence-corrected chi connectivity index (χ0v) is 20.5. The van der Waals surface area contributed by atoms with Crippen LogP contribution in [0, 0.1) is 13.8 Å². The molecule has 2 aromatic heterocycles. The minimum atomic E-state index is -0.382. The van der Waals surface area contributed by atoms with Crippen molar-refractivity contribution in [1.29, 1.82) is 0 Å². The van der Waals surface area contributed by atoms with Crippen LogP contribution in [0.4, 0.5) is 0 Å². The number of benzene rings is 3. The lowest BCUT2D eigenvalue weighted by Gasteiger charge is -2.17. The summed E-state index contributed by atoms with van der Waals surface area (Å²) < 4.78 is 1.41. The molecule has 0 spiro atoms. The van der Waals surface area contributed by atoms with Gasteiger partial charge in [-0.15, -0.1) is 5.10 Å². The van der Waals surface area contributed by atoms with Gasteiger partial charge in [-0.3, -0.25) is 4.79 Å². The van der Waals surface area contributed by atoms with Crippen molar-refractivity contribution in [3.8, 4) is 5.69 Å². The number of hydrogen-bond donors (Lipinski definition) is 2. The summed E-state index contributed by atoms with van der Waals surface area (Å²) in [5, 5.41) is 14.4. The lowest BCUT2D eigenvalue weighted by molar-refractivity contribution is 0.0952. The van der Waals surface area contributed by atoms with Gasteiger partial charge in [0.25, 0.3) is 5.91 Å². The molecule has 1 unspecified atom stereocenters. The molecule has 1 amide bonds. The number of aromatic nitrogens is 6. The number of amides is 1. The van der Waals surface area contributed by atoms with E-state index in [2.05, 4.69) is 51.8 Å². The van der Waals surface area contributed by atoms with Crippen molar-refractivity contribution in [2.24, 2.45) is 0 Å². The van der Waals surface area contributed by atoms with Crippen LogP contribution in [0.2, 0.25) is 10.0 Å². The number of tetrazole rings is 1. The van der Waals surface area contributed by atoms with Crippen molar-refractivity contribution in [2.45, 2.75) is 19.8 Å². The van der Waals surface area contributed by atoms with Crippen LogP contribution in [0.5, 0.6) is 0 Å². The van der Waals surface area contributed by atoms with Gasteiger partial charge in [-0.2, -0.15) is 0 Å². The van der Waals surface area contributed by atoms with Gasteiger partial charge in [0, 0.05) is 6.54 Å². The summed E-state index contributed by atoms with van der Waals surface area (Å²) in [5.74, 6) is 0.181. The molecule has 10 heteroatoms. The van der Waals surface area contributed by atoms with E-state index in [1.807, 2.05) is 30.3 Å². The SMILES string of the molecule is Cc1cc2nc(C(CNC(=O)c3c(Cl)cc(-n4cnnn4)cc3Cl)c3ccccc3)[nH]c2cc1C. The van der Waals surface area contributed by atoms with E-state index >= 15 is 0 Å². The quantitative estimate of drug-likeness (QED) is 0.337. The van der Waals surface area contributed by atoms with Gasteiger partial charge in [-0.25, -0.2) is 9.67 Å². The number of H-pyrrole nitrogens is 1. The van der Waals surface area contributed by atoms with Gasteiger partial charge >= 0.3 is 0 Å². The second-order valence-electron chi connectivity index (χ2n) is 8.29. The zero-order valence-electron chi connectivity index (χ0n) is 19.0. The Morgan fingerprint density at radius 1 is 1.06 bits per heavy atom. The molecule has 5 rings (SSSR count). The molecular formula is C25H21Cl2N7O. The molecule has 0 fully saturated rings. The van der Waals surface area contributed by atoms with E-state index in [-0.39, 0.29) is 27.4 Å². The molecule has 2 N–H and O–H groups in total. The monoisotopic (exact) mass is 505 g/mol. The highest BCUT2D eigenvalue weighted by molar-refractivity contribution is 6.40. The van der Waals surface area contributed by atoms with Crippen molar-refractivity contribution in [2.75, 3.05) is 6.54 Å². The maximum absolute atomic E-state index is 13.2. The summed E-state index contributed by atoms with van der Waals surface area (Å²) in [7, 11) is 0. The molecule has 35 heavy (non-hydrogen) atoms. The number of nitrogens with zero attached hydrogens (tertiary/aromatic N) is 5. The Morgan fingerprint density at radius 2 is 1.77 bits per heavy atom. The second kappa shape index (κ2) is 9.48. The van der Waals surface area contributed by atoms with E-state index in [1.165, 1.54) is 22.1 Å². The van der Waals surface area contributed by atoms with Crippen LogP contribution in [0.3, 0.4) is 0 Å². The van der Waals surface area contributed by atoms with Gasteiger partial charge in [-0.05, 0) is 65.2 Å². The lowest BCUT2D eigenvalue weighted by Crippen LogP contribution is -2.30. The number of carbonyl (C=O) groups excluding carboxylic acids is 1. The van der Waals surface area contributed by atoms with Gasteiger partial charge in [-0.1, -0.05) is 53.5 Å².